The molecule has 0 saturated heterocycles. The van der Waals surface area contributed by atoms with Crippen molar-refractivity contribution in [2.75, 3.05) is 5.32 Å². The van der Waals surface area contributed by atoms with Crippen LogP contribution in [0.1, 0.15) is 13.8 Å². The third-order valence-electron chi connectivity index (χ3n) is 2.16. The van der Waals surface area contributed by atoms with Crippen LogP contribution in [-0.4, -0.2) is 27.0 Å². The molecular weight excluding hydrogens is 370 g/mol. The molecule has 18 heavy (non-hydrogen) atoms. The van der Waals surface area contributed by atoms with Gasteiger partial charge in [-0.2, -0.15) is 0 Å². The molecule has 0 aliphatic heterocycles. The van der Waals surface area contributed by atoms with Crippen molar-refractivity contribution in [1.82, 2.24) is 9.97 Å². The van der Waals surface area contributed by atoms with Crippen LogP contribution in [0.15, 0.2) is 26.5 Å². The first-order chi connectivity index (χ1) is 8.32. The van der Waals surface area contributed by atoms with Crippen LogP contribution in [0.3, 0.4) is 0 Å². The molecule has 96 valence electrons. The van der Waals surface area contributed by atoms with Crippen molar-refractivity contribution < 1.29 is 14.7 Å². The van der Waals surface area contributed by atoms with E-state index in [1.165, 1.54) is 20.0 Å². The Bertz CT molecular complexity index is 543. The molecule has 1 amide bonds. The maximum Gasteiger partial charge on any atom is 0.331 e. The average Bonchev–Trinajstić information content (AvgIpc) is 2.30. The third kappa shape index (κ3) is 3.61. The second-order valence-electron chi connectivity index (χ2n) is 3.34. The normalized spacial score (nSPS) is 11.8. The summed E-state index contributed by atoms with van der Waals surface area (Å²) >= 11 is 6.27. The maximum absolute atomic E-state index is 11.8. The highest BCUT2D eigenvalue weighted by atomic mass is 79.9. The van der Waals surface area contributed by atoms with Crippen LogP contribution in [0.5, 0.6) is 0 Å². The second-order valence-corrected chi connectivity index (χ2v) is 4.91. The summed E-state index contributed by atoms with van der Waals surface area (Å²) in [5.41, 5.74) is 0.0906. The summed E-state index contributed by atoms with van der Waals surface area (Å²) in [4.78, 5) is 30.4. The minimum atomic E-state index is -1.14. The van der Waals surface area contributed by atoms with Crippen LogP contribution in [0, 0.1) is 0 Å². The van der Waals surface area contributed by atoms with E-state index in [0.29, 0.717) is 9.21 Å². The highest BCUT2D eigenvalue weighted by Crippen LogP contribution is 2.20. The molecule has 0 aromatic carbocycles. The molecule has 1 aromatic rings. The smallest absolute Gasteiger partial charge is 0.331 e. The van der Waals surface area contributed by atoms with Gasteiger partial charge in [0.2, 0.25) is 0 Å². The number of rotatable bonds is 3. The minimum absolute atomic E-state index is 0.0197. The Kier molecular flexibility index (Phi) is 4.97. The van der Waals surface area contributed by atoms with Crippen LogP contribution in [0.4, 0.5) is 5.82 Å². The van der Waals surface area contributed by atoms with E-state index in [9.17, 15) is 9.59 Å². The zero-order valence-corrected chi connectivity index (χ0v) is 12.7. The predicted molar refractivity (Wildman–Crippen MR) is 72.1 cm³/mol. The number of hydrogen-bond acceptors (Lipinski definition) is 4. The summed E-state index contributed by atoms with van der Waals surface area (Å²) in [6.45, 7) is 2.79. The third-order valence-corrected chi connectivity index (χ3v) is 3.09. The maximum atomic E-state index is 11.8. The standard InChI is InChI=1S/C10H9Br2N3O3/c1-4(5(2)10(17)18)9(16)15-8-7(12)14-6(11)3-13-8/h3H,1-2H3,(H,17,18)(H,13,15,16). The summed E-state index contributed by atoms with van der Waals surface area (Å²) < 4.78 is 0.868. The van der Waals surface area contributed by atoms with Crippen LogP contribution in [0.2, 0.25) is 0 Å². The highest BCUT2D eigenvalue weighted by molar-refractivity contribution is 9.11. The lowest BCUT2D eigenvalue weighted by molar-refractivity contribution is -0.133. The van der Waals surface area contributed by atoms with E-state index in [1.54, 1.807) is 0 Å². The average molecular weight is 379 g/mol. The second kappa shape index (κ2) is 6.05. The number of carbonyl (C=O) groups is 2. The molecule has 0 fully saturated rings. The van der Waals surface area contributed by atoms with Gasteiger partial charge >= 0.3 is 5.97 Å². The molecule has 0 saturated carbocycles. The van der Waals surface area contributed by atoms with Crippen molar-refractivity contribution in [2.45, 2.75) is 13.8 Å². The number of carboxylic acid groups (broad SMARTS) is 1. The first-order valence-corrected chi connectivity index (χ1v) is 6.31. The van der Waals surface area contributed by atoms with Crippen molar-refractivity contribution in [2.24, 2.45) is 0 Å². The van der Waals surface area contributed by atoms with Gasteiger partial charge in [-0.15, -0.1) is 0 Å². The number of halogens is 2. The first-order valence-electron chi connectivity index (χ1n) is 4.73. The molecule has 8 heteroatoms. The van der Waals surface area contributed by atoms with Gasteiger partial charge in [-0.05, 0) is 45.7 Å². The Morgan fingerprint density at radius 3 is 2.39 bits per heavy atom. The summed E-state index contributed by atoms with van der Waals surface area (Å²) in [5, 5.41) is 11.2. The monoisotopic (exact) mass is 377 g/mol. The van der Waals surface area contributed by atoms with Crippen LogP contribution in [0.25, 0.3) is 0 Å². The molecule has 2 N–H and O–H groups in total. The van der Waals surface area contributed by atoms with E-state index in [2.05, 4.69) is 47.1 Å². The molecule has 0 aliphatic rings. The van der Waals surface area contributed by atoms with Gasteiger partial charge in [0.15, 0.2) is 5.82 Å². The summed E-state index contributed by atoms with van der Waals surface area (Å²) in [6.07, 6.45) is 1.42. The largest absolute Gasteiger partial charge is 0.478 e. The summed E-state index contributed by atoms with van der Waals surface area (Å²) in [7, 11) is 0. The Morgan fingerprint density at radius 1 is 1.28 bits per heavy atom. The fourth-order valence-electron chi connectivity index (χ4n) is 0.963. The molecule has 0 atom stereocenters. The van der Waals surface area contributed by atoms with E-state index in [1.807, 2.05) is 0 Å². The Morgan fingerprint density at radius 2 is 1.89 bits per heavy atom. The first kappa shape index (κ1) is 14.8. The van der Waals surface area contributed by atoms with E-state index in [-0.39, 0.29) is 17.0 Å². The van der Waals surface area contributed by atoms with Gasteiger partial charge in [0.05, 0.1) is 6.20 Å². The van der Waals surface area contributed by atoms with Crippen molar-refractivity contribution >= 4 is 49.6 Å². The predicted octanol–water partition coefficient (Wildman–Crippen LogP) is 2.36. The number of anilines is 1. The van der Waals surface area contributed by atoms with Crippen molar-refractivity contribution in [3.63, 3.8) is 0 Å². The number of aromatic nitrogens is 2. The zero-order chi connectivity index (χ0) is 13.9. The zero-order valence-electron chi connectivity index (χ0n) is 9.49. The fraction of sp³-hybridized carbons (Fsp3) is 0.200. The molecule has 1 heterocycles. The van der Waals surface area contributed by atoms with Gasteiger partial charge in [0.1, 0.15) is 9.21 Å². The van der Waals surface area contributed by atoms with E-state index in [0.717, 1.165) is 0 Å². The lowest BCUT2D eigenvalue weighted by atomic mass is 10.1. The topological polar surface area (TPSA) is 92.2 Å². The van der Waals surface area contributed by atoms with Crippen LogP contribution >= 0.6 is 31.9 Å². The Hall–Kier alpha value is -1.28. The number of amides is 1. The van der Waals surface area contributed by atoms with Gasteiger partial charge in [-0.1, -0.05) is 0 Å². The van der Waals surface area contributed by atoms with Crippen molar-refractivity contribution in [3.8, 4) is 0 Å². The molecule has 6 nitrogen and oxygen atoms in total. The number of hydrogen-bond donors (Lipinski definition) is 2. The van der Waals surface area contributed by atoms with Gasteiger partial charge in [-0.3, -0.25) is 4.79 Å². The van der Waals surface area contributed by atoms with Gasteiger partial charge in [0.25, 0.3) is 5.91 Å². The van der Waals surface area contributed by atoms with Crippen LogP contribution in [-0.2, 0) is 9.59 Å². The fourth-order valence-corrected chi connectivity index (χ4v) is 1.87. The van der Waals surface area contributed by atoms with Crippen molar-refractivity contribution in [1.29, 1.82) is 0 Å². The number of carboxylic acids is 1. The molecule has 0 aliphatic carbocycles. The molecular formula is C10H9Br2N3O3. The van der Waals surface area contributed by atoms with Gasteiger partial charge < -0.3 is 10.4 Å². The Labute approximate surface area is 120 Å². The lowest BCUT2D eigenvalue weighted by Gasteiger charge is -2.07. The number of aliphatic carboxylic acids is 1. The molecule has 0 radical (unpaired) electrons. The number of carbonyl (C=O) groups excluding carboxylic acids is 1. The number of nitrogens with one attached hydrogen (secondary N) is 1. The molecule has 0 spiro atoms. The molecule has 0 unspecified atom stereocenters. The van der Waals surface area contributed by atoms with E-state index < -0.39 is 11.9 Å². The quantitative estimate of drug-likeness (QED) is 0.787. The van der Waals surface area contributed by atoms with E-state index in [4.69, 9.17) is 5.11 Å². The molecule has 1 rings (SSSR count). The molecule has 1 aromatic heterocycles. The lowest BCUT2D eigenvalue weighted by Crippen LogP contribution is -2.17. The van der Waals surface area contributed by atoms with Gasteiger partial charge in [0, 0.05) is 11.1 Å². The Balaban J connectivity index is 2.95. The summed E-state index contributed by atoms with van der Waals surface area (Å²) in [5.74, 6) is -1.45. The summed E-state index contributed by atoms with van der Waals surface area (Å²) in [6, 6.07) is 0. The SMILES string of the molecule is CC(C(=O)O)=C(C)C(=O)Nc1ncc(Br)nc1Br. The molecule has 0 bridgehead atoms. The highest BCUT2D eigenvalue weighted by Gasteiger charge is 2.15. The van der Waals surface area contributed by atoms with Crippen LogP contribution < -0.4 is 5.32 Å². The number of nitrogens with zero attached hydrogens (tertiary/aromatic N) is 2. The minimum Gasteiger partial charge on any atom is -0.478 e. The van der Waals surface area contributed by atoms with Gasteiger partial charge in [-0.25, -0.2) is 14.8 Å². The van der Waals surface area contributed by atoms with E-state index >= 15 is 0 Å². The van der Waals surface area contributed by atoms with Crippen molar-refractivity contribution in [3.05, 3.63) is 26.5 Å².